The van der Waals surface area contributed by atoms with Gasteiger partial charge in [-0.25, -0.2) is 8.78 Å². The lowest BCUT2D eigenvalue weighted by molar-refractivity contribution is -0.0220. The van der Waals surface area contributed by atoms with Crippen molar-refractivity contribution in [2.75, 3.05) is 0 Å². The molecule has 1 fully saturated rings. The summed E-state index contributed by atoms with van der Waals surface area (Å²) in [6.45, 7) is 2.10. The van der Waals surface area contributed by atoms with Crippen LogP contribution in [0.1, 0.15) is 44.6 Å². The highest BCUT2D eigenvalue weighted by molar-refractivity contribution is 5.24. The molecule has 0 amide bonds. The summed E-state index contributed by atoms with van der Waals surface area (Å²) in [5.74, 6) is -1.27. The third-order valence-electron chi connectivity index (χ3n) is 3.86. The topological polar surface area (TPSA) is 20.2 Å². The van der Waals surface area contributed by atoms with Crippen LogP contribution in [0.4, 0.5) is 8.78 Å². The van der Waals surface area contributed by atoms with E-state index in [2.05, 4.69) is 6.92 Å². The largest absolute Gasteiger partial charge is 0.385 e. The van der Waals surface area contributed by atoms with E-state index in [4.69, 9.17) is 0 Å². The highest BCUT2D eigenvalue weighted by Crippen LogP contribution is 2.41. The van der Waals surface area contributed by atoms with Crippen LogP contribution in [0.5, 0.6) is 0 Å². The molecule has 0 aliphatic heterocycles. The first-order valence-corrected chi connectivity index (χ1v) is 6.23. The Morgan fingerprint density at radius 1 is 1.35 bits per heavy atom. The van der Waals surface area contributed by atoms with Gasteiger partial charge in [0, 0.05) is 0 Å². The van der Waals surface area contributed by atoms with E-state index >= 15 is 0 Å². The smallest absolute Gasteiger partial charge is 0.159 e. The Balaban J connectivity index is 2.27. The first-order chi connectivity index (χ1) is 8.05. The van der Waals surface area contributed by atoms with E-state index in [1.54, 1.807) is 0 Å². The fourth-order valence-electron chi connectivity index (χ4n) is 2.76. The van der Waals surface area contributed by atoms with Crippen LogP contribution in [-0.2, 0) is 5.60 Å². The average molecular weight is 240 g/mol. The molecule has 2 rings (SSSR count). The minimum absolute atomic E-state index is 0.474. The summed E-state index contributed by atoms with van der Waals surface area (Å²) in [5.41, 5.74) is -0.470. The number of hydrogen-bond acceptors (Lipinski definition) is 1. The predicted octanol–water partition coefficient (Wildman–Crippen LogP) is 3.75. The Morgan fingerprint density at radius 2 is 2.12 bits per heavy atom. The van der Waals surface area contributed by atoms with Gasteiger partial charge < -0.3 is 5.11 Å². The van der Waals surface area contributed by atoms with Crippen molar-refractivity contribution in [2.24, 2.45) is 5.92 Å². The molecule has 0 aromatic heterocycles. The van der Waals surface area contributed by atoms with Crippen molar-refractivity contribution in [2.45, 2.75) is 44.6 Å². The molecule has 1 aliphatic rings. The Morgan fingerprint density at radius 3 is 2.76 bits per heavy atom. The zero-order valence-electron chi connectivity index (χ0n) is 10.0. The van der Waals surface area contributed by atoms with Gasteiger partial charge in [-0.2, -0.15) is 0 Å². The van der Waals surface area contributed by atoms with Gasteiger partial charge in [-0.15, -0.1) is 0 Å². The summed E-state index contributed by atoms with van der Waals surface area (Å²) in [6.07, 6.45) is 4.35. The molecular formula is C14H18F2O. The average Bonchev–Trinajstić information content (AvgIpc) is 2.32. The summed E-state index contributed by atoms with van der Waals surface area (Å²) in [6, 6.07) is 3.72. The number of rotatable bonds is 2. The third-order valence-corrected chi connectivity index (χ3v) is 3.86. The predicted molar refractivity (Wildman–Crippen MR) is 62.5 cm³/mol. The zero-order chi connectivity index (χ0) is 12.5. The molecule has 1 aliphatic carbocycles. The van der Waals surface area contributed by atoms with Gasteiger partial charge in [-0.05, 0) is 42.9 Å². The Kier molecular flexibility index (Phi) is 3.48. The molecule has 0 radical (unpaired) electrons. The second-order valence-electron chi connectivity index (χ2n) is 5.03. The second kappa shape index (κ2) is 4.73. The lowest BCUT2D eigenvalue weighted by atomic mass is 9.73. The van der Waals surface area contributed by atoms with Gasteiger partial charge >= 0.3 is 0 Å². The van der Waals surface area contributed by atoms with Gasteiger partial charge in [0.15, 0.2) is 11.6 Å². The van der Waals surface area contributed by atoms with Crippen LogP contribution in [0.2, 0.25) is 0 Å². The van der Waals surface area contributed by atoms with Crippen molar-refractivity contribution in [3.8, 4) is 0 Å². The minimum atomic E-state index is -0.979. The third kappa shape index (κ3) is 2.49. The van der Waals surface area contributed by atoms with Gasteiger partial charge in [0.25, 0.3) is 0 Å². The fourth-order valence-corrected chi connectivity index (χ4v) is 2.76. The standard InChI is InChI=1S/C14H18F2O/c1-2-10-4-3-7-14(17,9-10)11-5-6-12(15)13(16)8-11/h5-6,8,10,17H,2-4,7,9H2,1H3. The summed E-state index contributed by atoms with van der Waals surface area (Å²) in [7, 11) is 0. The maximum Gasteiger partial charge on any atom is 0.159 e. The van der Waals surface area contributed by atoms with E-state index in [1.165, 1.54) is 6.07 Å². The summed E-state index contributed by atoms with van der Waals surface area (Å²) < 4.78 is 26.1. The van der Waals surface area contributed by atoms with Crippen molar-refractivity contribution >= 4 is 0 Å². The maximum atomic E-state index is 13.2. The van der Waals surface area contributed by atoms with Gasteiger partial charge in [-0.1, -0.05) is 25.8 Å². The SMILES string of the molecule is CCC1CCCC(O)(c2ccc(F)c(F)c2)C1. The van der Waals surface area contributed by atoms with Crippen LogP contribution in [0.15, 0.2) is 18.2 Å². The van der Waals surface area contributed by atoms with E-state index in [0.29, 0.717) is 24.3 Å². The van der Waals surface area contributed by atoms with E-state index in [0.717, 1.165) is 31.4 Å². The summed E-state index contributed by atoms with van der Waals surface area (Å²) in [4.78, 5) is 0. The molecule has 1 N–H and O–H groups in total. The molecule has 3 heteroatoms. The molecule has 2 unspecified atom stereocenters. The molecular weight excluding hydrogens is 222 g/mol. The molecule has 1 aromatic rings. The highest BCUT2D eigenvalue weighted by atomic mass is 19.2. The van der Waals surface area contributed by atoms with Crippen LogP contribution in [0.3, 0.4) is 0 Å². The number of halogens is 2. The fraction of sp³-hybridized carbons (Fsp3) is 0.571. The highest BCUT2D eigenvalue weighted by Gasteiger charge is 2.35. The van der Waals surface area contributed by atoms with Crippen molar-refractivity contribution in [3.63, 3.8) is 0 Å². The van der Waals surface area contributed by atoms with Gasteiger partial charge in [-0.3, -0.25) is 0 Å². The molecule has 1 aromatic carbocycles. The quantitative estimate of drug-likeness (QED) is 0.834. The molecule has 1 nitrogen and oxygen atoms in total. The van der Waals surface area contributed by atoms with Crippen LogP contribution in [0, 0.1) is 17.6 Å². The van der Waals surface area contributed by atoms with Crippen molar-refractivity contribution in [1.29, 1.82) is 0 Å². The van der Waals surface area contributed by atoms with Crippen molar-refractivity contribution in [3.05, 3.63) is 35.4 Å². The molecule has 0 spiro atoms. The van der Waals surface area contributed by atoms with E-state index in [9.17, 15) is 13.9 Å². The molecule has 17 heavy (non-hydrogen) atoms. The Hall–Kier alpha value is -0.960. The monoisotopic (exact) mass is 240 g/mol. The second-order valence-corrected chi connectivity index (χ2v) is 5.03. The first kappa shape index (κ1) is 12.5. The molecule has 94 valence electrons. The summed E-state index contributed by atoms with van der Waals surface area (Å²) >= 11 is 0. The lowest BCUT2D eigenvalue weighted by Crippen LogP contribution is -2.32. The maximum absolute atomic E-state index is 13.2. The normalized spacial score (nSPS) is 29.3. The Labute approximate surface area is 100 Å². The molecule has 2 atom stereocenters. The number of hydrogen-bond donors (Lipinski definition) is 1. The van der Waals surface area contributed by atoms with Crippen LogP contribution in [-0.4, -0.2) is 5.11 Å². The van der Waals surface area contributed by atoms with Crippen molar-refractivity contribution in [1.82, 2.24) is 0 Å². The Bertz CT molecular complexity index is 405. The molecule has 1 saturated carbocycles. The van der Waals surface area contributed by atoms with Crippen molar-refractivity contribution < 1.29 is 13.9 Å². The number of benzene rings is 1. The van der Waals surface area contributed by atoms with Gasteiger partial charge in [0.1, 0.15) is 0 Å². The van der Waals surface area contributed by atoms with E-state index in [-0.39, 0.29) is 0 Å². The lowest BCUT2D eigenvalue weighted by Gasteiger charge is -2.37. The number of aliphatic hydroxyl groups is 1. The van der Waals surface area contributed by atoms with Gasteiger partial charge in [0.05, 0.1) is 5.60 Å². The molecule has 0 heterocycles. The zero-order valence-corrected chi connectivity index (χ0v) is 10.0. The van der Waals surface area contributed by atoms with Crippen LogP contribution >= 0.6 is 0 Å². The van der Waals surface area contributed by atoms with Crippen LogP contribution < -0.4 is 0 Å². The first-order valence-electron chi connectivity index (χ1n) is 6.23. The minimum Gasteiger partial charge on any atom is -0.385 e. The van der Waals surface area contributed by atoms with Crippen LogP contribution in [0.25, 0.3) is 0 Å². The van der Waals surface area contributed by atoms with E-state index < -0.39 is 17.2 Å². The van der Waals surface area contributed by atoms with Gasteiger partial charge in [0.2, 0.25) is 0 Å². The molecule has 0 saturated heterocycles. The van der Waals surface area contributed by atoms with E-state index in [1.807, 2.05) is 0 Å². The molecule has 0 bridgehead atoms. The summed E-state index contributed by atoms with van der Waals surface area (Å²) in [5, 5.41) is 10.6.